The minimum atomic E-state index is -0.360. The molecule has 6 nitrogen and oxygen atoms in total. The Labute approximate surface area is 112 Å². The molecule has 0 N–H and O–H groups in total. The Balaban J connectivity index is 1.86. The van der Waals surface area contributed by atoms with Gasteiger partial charge in [-0.25, -0.2) is 0 Å². The van der Waals surface area contributed by atoms with Gasteiger partial charge in [0.15, 0.2) is 6.20 Å². The third-order valence-electron chi connectivity index (χ3n) is 3.94. The van der Waals surface area contributed by atoms with Gasteiger partial charge in [-0.3, -0.25) is 0 Å². The van der Waals surface area contributed by atoms with Crippen LogP contribution in [0.15, 0.2) is 12.3 Å². The molecule has 6 heteroatoms. The third kappa shape index (κ3) is 2.53. The summed E-state index contributed by atoms with van der Waals surface area (Å²) in [5, 5.41) is 11.0. The van der Waals surface area contributed by atoms with Gasteiger partial charge >= 0.3 is 5.82 Å². The largest absolute Gasteiger partial charge is 0.367 e. The first-order valence-electron chi connectivity index (χ1n) is 6.73. The maximum absolute atomic E-state index is 11.0. The Morgan fingerprint density at radius 1 is 1.32 bits per heavy atom. The molecule has 1 aromatic heterocycles. The Morgan fingerprint density at radius 2 is 2.00 bits per heavy atom. The number of rotatable bonds is 3. The summed E-state index contributed by atoms with van der Waals surface area (Å²) in [7, 11) is 2.11. The van der Waals surface area contributed by atoms with E-state index >= 15 is 0 Å². The van der Waals surface area contributed by atoms with Gasteiger partial charge in [-0.1, -0.05) is 0 Å². The third-order valence-corrected chi connectivity index (χ3v) is 3.94. The van der Waals surface area contributed by atoms with Gasteiger partial charge < -0.3 is 19.9 Å². The van der Waals surface area contributed by atoms with E-state index in [1.165, 1.54) is 0 Å². The molecular weight excluding hydrogens is 244 g/mol. The molecule has 0 bridgehead atoms. The van der Waals surface area contributed by atoms with E-state index in [2.05, 4.69) is 21.8 Å². The summed E-state index contributed by atoms with van der Waals surface area (Å²) in [5.74, 6) is 0.390. The Kier molecular flexibility index (Phi) is 3.10. The summed E-state index contributed by atoms with van der Waals surface area (Å²) in [6, 6.07) is 1.98. The molecule has 19 heavy (non-hydrogen) atoms. The molecule has 1 aliphatic heterocycles. The lowest BCUT2D eigenvalue weighted by Crippen LogP contribution is -2.44. The van der Waals surface area contributed by atoms with Gasteiger partial charge in [0.2, 0.25) is 0 Å². The molecule has 1 saturated carbocycles. The van der Waals surface area contributed by atoms with E-state index in [1.54, 1.807) is 6.20 Å². The van der Waals surface area contributed by atoms with Gasteiger partial charge in [0, 0.05) is 26.2 Å². The van der Waals surface area contributed by atoms with E-state index in [4.69, 9.17) is 0 Å². The minimum absolute atomic E-state index is 0.0420. The normalized spacial score (nSPS) is 20.6. The molecule has 0 spiro atoms. The van der Waals surface area contributed by atoms with Crippen molar-refractivity contribution >= 4 is 11.5 Å². The smallest absolute Gasteiger partial charge is 0.366 e. The van der Waals surface area contributed by atoms with E-state index in [9.17, 15) is 10.1 Å². The number of aromatic nitrogens is 1. The van der Waals surface area contributed by atoms with E-state index < -0.39 is 0 Å². The van der Waals surface area contributed by atoms with Crippen LogP contribution < -0.4 is 4.90 Å². The van der Waals surface area contributed by atoms with Crippen LogP contribution in [0.1, 0.15) is 24.3 Å². The number of anilines is 1. The van der Waals surface area contributed by atoms with Gasteiger partial charge in [0.05, 0.1) is 11.3 Å². The molecule has 1 aliphatic carbocycles. The molecule has 2 heterocycles. The molecule has 2 aliphatic rings. The van der Waals surface area contributed by atoms with Crippen molar-refractivity contribution in [1.29, 1.82) is 0 Å². The van der Waals surface area contributed by atoms with Crippen LogP contribution >= 0.6 is 0 Å². The zero-order chi connectivity index (χ0) is 13.4. The molecule has 0 radical (unpaired) electrons. The van der Waals surface area contributed by atoms with Crippen LogP contribution in [0.2, 0.25) is 0 Å². The first-order chi connectivity index (χ1) is 9.15. The zero-order valence-electron chi connectivity index (χ0n) is 11.1. The molecule has 102 valence electrons. The molecule has 0 aromatic carbocycles. The van der Waals surface area contributed by atoms with Crippen LogP contribution in [0.5, 0.6) is 0 Å². The highest BCUT2D eigenvalue weighted by Gasteiger charge is 2.32. The van der Waals surface area contributed by atoms with Crippen LogP contribution in [0, 0.1) is 10.1 Å². The average Bonchev–Trinajstić information content (AvgIpc) is 3.23. The average molecular weight is 262 g/mol. The molecular formula is C13H18N4O2. The van der Waals surface area contributed by atoms with Crippen molar-refractivity contribution in [2.45, 2.75) is 18.8 Å². The highest BCUT2D eigenvalue weighted by Crippen LogP contribution is 2.44. The number of hydrogen-bond acceptors (Lipinski definition) is 5. The van der Waals surface area contributed by atoms with Crippen LogP contribution in [0.4, 0.5) is 11.5 Å². The van der Waals surface area contributed by atoms with Gasteiger partial charge in [0.1, 0.15) is 0 Å². The number of likely N-dealkylation sites (N-methyl/N-ethyl adjacent to an activating group) is 1. The maximum Gasteiger partial charge on any atom is 0.367 e. The SMILES string of the molecule is CN1CCN(c2cnc([N+](=O)[O-])c(C3CC3)c2)CC1. The number of pyridine rings is 1. The van der Waals surface area contributed by atoms with E-state index in [1.807, 2.05) is 6.07 Å². The predicted octanol–water partition coefficient (Wildman–Crippen LogP) is 1.62. The van der Waals surface area contributed by atoms with Crippen molar-refractivity contribution in [3.05, 3.63) is 27.9 Å². The fourth-order valence-electron chi connectivity index (χ4n) is 2.55. The number of piperazine rings is 1. The number of nitro groups is 1. The minimum Gasteiger partial charge on any atom is -0.366 e. The van der Waals surface area contributed by atoms with Crippen molar-refractivity contribution in [2.24, 2.45) is 0 Å². The lowest BCUT2D eigenvalue weighted by molar-refractivity contribution is -0.390. The summed E-state index contributed by atoms with van der Waals surface area (Å²) < 4.78 is 0. The summed E-state index contributed by atoms with van der Waals surface area (Å²) in [5.41, 5.74) is 1.85. The first-order valence-corrected chi connectivity index (χ1v) is 6.73. The van der Waals surface area contributed by atoms with E-state index in [0.717, 1.165) is 50.3 Å². The van der Waals surface area contributed by atoms with Crippen molar-refractivity contribution in [2.75, 3.05) is 38.1 Å². The molecule has 1 saturated heterocycles. The Hall–Kier alpha value is -1.69. The van der Waals surface area contributed by atoms with Crippen LogP contribution in [0.3, 0.4) is 0 Å². The summed E-state index contributed by atoms with van der Waals surface area (Å²) in [6.45, 7) is 3.96. The second-order valence-electron chi connectivity index (χ2n) is 5.43. The molecule has 2 fully saturated rings. The van der Waals surface area contributed by atoms with Crippen LogP contribution in [-0.4, -0.2) is 48.0 Å². The van der Waals surface area contributed by atoms with Gasteiger partial charge in [-0.05, 0) is 41.8 Å². The summed E-state index contributed by atoms with van der Waals surface area (Å²) in [4.78, 5) is 19.3. The topological polar surface area (TPSA) is 62.5 Å². The van der Waals surface area contributed by atoms with Crippen molar-refractivity contribution in [1.82, 2.24) is 9.88 Å². The van der Waals surface area contributed by atoms with E-state index in [0.29, 0.717) is 5.92 Å². The standard InChI is InChI=1S/C13H18N4O2/c1-15-4-6-16(7-5-15)11-8-12(10-2-3-10)13(14-9-11)17(18)19/h8-10H,2-7H2,1H3. The molecule has 1 aromatic rings. The van der Waals surface area contributed by atoms with Crippen LogP contribution in [-0.2, 0) is 0 Å². The zero-order valence-corrected chi connectivity index (χ0v) is 11.1. The van der Waals surface area contributed by atoms with E-state index in [-0.39, 0.29) is 10.7 Å². The van der Waals surface area contributed by atoms with Crippen molar-refractivity contribution in [3.8, 4) is 0 Å². The molecule has 0 unspecified atom stereocenters. The highest BCUT2D eigenvalue weighted by molar-refractivity contribution is 5.53. The fraction of sp³-hybridized carbons (Fsp3) is 0.615. The second kappa shape index (κ2) is 4.77. The summed E-state index contributed by atoms with van der Waals surface area (Å²) >= 11 is 0. The first kappa shape index (κ1) is 12.3. The molecule has 0 amide bonds. The molecule has 0 atom stereocenters. The number of hydrogen-bond donors (Lipinski definition) is 0. The monoisotopic (exact) mass is 262 g/mol. The van der Waals surface area contributed by atoms with Crippen molar-refractivity contribution < 1.29 is 4.92 Å². The summed E-state index contributed by atoms with van der Waals surface area (Å²) in [6.07, 6.45) is 3.75. The lowest BCUT2D eigenvalue weighted by atomic mass is 10.1. The maximum atomic E-state index is 11.0. The predicted molar refractivity (Wildman–Crippen MR) is 72.6 cm³/mol. The highest BCUT2D eigenvalue weighted by atomic mass is 16.6. The van der Waals surface area contributed by atoms with Crippen LogP contribution in [0.25, 0.3) is 0 Å². The second-order valence-corrected chi connectivity index (χ2v) is 5.43. The Bertz CT molecular complexity index is 493. The van der Waals surface area contributed by atoms with Gasteiger partial charge in [0.25, 0.3) is 0 Å². The molecule has 3 rings (SSSR count). The Morgan fingerprint density at radius 3 is 2.58 bits per heavy atom. The number of nitrogens with zero attached hydrogens (tertiary/aromatic N) is 4. The van der Waals surface area contributed by atoms with Gasteiger partial charge in [-0.15, -0.1) is 0 Å². The quantitative estimate of drug-likeness (QED) is 0.612. The fourth-order valence-corrected chi connectivity index (χ4v) is 2.55. The van der Waals surface area contributed by atoms with Gasteiger partial charge in [-0.2, -0.15) is 0 Å². The lowest BCUT2D eigenvalue weighted by Gasteiger charge is -2.33. The van der Waals surface area contributed by atoms with Crippen molar-refractivity contribution in [3.63, 3.8) is 0 Å².